The van der Waals surface area contributed by atoms with Crippen LogP contribution in [-0.4, -0.2) is 53.0 Å². The van der Waals surface area contributed by atoms with E-state index in [0.29, 0.717) is 18.0 Å². The highest BCUT2D eigenvalue weighted by Crippen LogP contribution is 2.44. The van der Waals surface area contributed by atoms with Crippen molar-refractivity contribution in [1.82, 2.24) is 9.96 Å². The second kappa shape index (κ2) is 8.89. The summed E-state index contributed by atoms with van der Waals surface area (Å²) in [5, 5.41) is 0.480. The summed E-state index contributed by atoms with van der Waals surface area (Å²) in [5.74, 6) is -2.59. The molecule has 6 rings (SSSR count). The lowest BCUT2D eigenvalue weighted by Crippen LogP contribution is -2.47. The van der Waals surface area contributed by atoms with Gasteiger partial charge in [-0.25, -0.2) is 9.59 Å². The summed E-state index contributed by atoms with van der Waals surface area (Å²) in [7, 11) is 0. The molecule has 0 aromatic heterocycles. The highest BCUT2D eigenvalue weighted by molar-refractivity contribution is 6.21. The number of amides is 3. The van der Waals surface area contributed by atoms with E-state index < -0.39 is 29.9 Å². The molecular weight excluding hydrogens is 472 g/mol. The molecule has 3 aromatic carbocycles. The van der Waals surface area contributed by atoms with Gasteiger partial charge >= 0.3 is 12.1 Å². The molecule has 0 N–H and O–H groups in total. The Kier molecular flexibility index (Phi) is 5.52. The van der Waals surface area contributed by atoms with E-state index >= 15 is 0 Å². The highest BCUT2D eigenvalue weighted by atomic mass is 16.7. The third-order valence-corrected chi connectivity index (χ3v) is 7.45. The van der Waals surface area contributed by atoms with Crippen LogP contribution in [0.4, 0.5) is 4.79 Å². The molecule has 1 aliphatic carbocycles. The highest BCUT2D eigenvalue weighted by Gasteiger charge is 2.46. The zero-order valence-corrected chi connectivity index (χ0v) is 20.1. The first-order chi connectivity index (χ1) is 18.0. The molecule has 3 aromatic rings. The average Bonchev–Trinajstić information content (AvgIpc) is 3.54. The van der Waals surface area contributed by atoms with Crippen molar-refractivity contribution in [2.75, 3.05) is 13.2 Å². The number of rotatable bonds is 4. The Morgan fingerprint density at radius 1 is 0.811 bits per heavy atom. The van der Waals surface area contributed by atoms with Crippen molar-refractivity contribution in [1.29, 1.82) is 0 Å². The number of hydroxylamine groups is 2. The van der Waals surface area contributed by atoms with Crippen LogP contribution in [0.15, 0.2) is 72.8 Å². The largest absolute Gasteiger partial charge is 0.448 e. The first kappa shape index (κ1) is 23.0. The molecule has 2 unspecified atom stereocenters. The number of carbonyl (C=O) groups excluding carboxylic acids is 4. The molecule has 8 nitrogen and oxygen atoms in total. The van der Waals surface area contributed by atoms with E-state index in [4.69, 9.17) is 9.57 Å². The lowest BCUT2D eigenvalue weighted by atomic mass is 9.98. The number of imide groups is 1. The maximum absolute atomic E-state index is 13.2. The van der Waals surface area contributed by atoms with Gasteiger partial charge in [-0.1, -0.05) is 72.7 Å². The van der Waals surface area contributed by atoms with Crippen LogP contribution in [0.5, 0.6) is 0 Å². The summed E-state index contributed by atoms with van der Waals surface area (Å²) < 4.78 is 5.75. The minimum absolute atomic E-state index is 0.111. The maximum Gasteiger partial charge on any atom is 0.410 e. The van der Waals surface area contributed by atoms with Crippen molar-refractivity contribution >= 4 is 23.9 Å². The van der Waals surface area contributed by atoms with Gasteiger partial charge in [0.05, 0.1) is 11.1 Å². The van der Waals surface area contributed by atoms with Crippen LogP contribution in [0.25, 0.3) is 11.1 Å². The van der Waals surface area contributed by atoms with Gasteiger partial charge in [0.25, 0.3) is 11.8 Å². The van der Waals surface area contributed by atoms with Crippen LogP contribution in [0, 0.1) is 5.92 Å². The monoisotopic (exact) mass is 496 g/mol. The molecule has 8 heteroatoms. The number of nitrogens with zero attached hydrogens (tertiary/aromatic N) is 2. The van der Waals surface area contributed by atoms with Crippen molar-refractivity contribution < 1.29 is 28.8 Å². The van der Waals surface area contributed by atoms with Crippen molar-refractivity contribution in [3.05, 3.63) is 95.1 Å². The molecule has 37 heavy (non-hydrogen) atoms. The summed E-state index contributed by atoms with van der Waals surface area (Å²) in [6, 6.07) is 21.4. The van der Waals surface area contributed by atoms with E-state index in [0.717, 1.165) is 22.3 Å². The van der Waals surface area contributed by atoms with E-state index in [1.54, 1.807) is 12.1 Å². The lowest BCUT2D eigenvalue weighted by molar-refractivity contribution is -0.174. The average molecular weight is 497 g/mol. The Labute approximate surface area is 213 Å². The normalized spacial score (nSPS) is 20.0. The number of carbonyl (C=O) groups is 4. The molecule has 2 atom stereocenters. The molecule has 2 heterocycles. The number of benzene rings is 3. The van der Waals surface area contributed by atoms with Crippen LogP contribution < -0.4 is 0 Å². The van der Waals surface area contributed by atoms with E-state index in [2.05, 4.69) is 12.1 Å². The van der Waals surface area contributed by atoms with Gasteiger partial charge in [-0.05, 0) is 46.7 Å². The molecule has 186 valence electrons. The topological polar surface area (TPSA) is 93.2 Å². The van der Waals surface area contributed by atoms with Gasteiger partial charge in [-0.3, -0.25) is 14.5 Å². The Balaban J connectivity index is 1.16. The summed E-state index contributed by atoms with van der Waals surface area (Å²) >= 11 is 0. The first-order valence-corrected chi connectivity index (χ1v) is 12.3. The van der Waals surface area contributed by atoms with E-state index in [1.807, 2.05) is 43.3 Å². The Hall–Kier alpha value is -4.46. The summed E-state index contributed by atoms with van der Waals surface area (Å²) in [6.45, 7) is 2.25. The smallest absolute Gasteiger partial charge is 0.410 e. The molecule has 3 amide bonds. The van der Waals surface area contributed by atoms with Crippen molar-refractivity contribution in [3.8, 4) is 11.1 Å². The Morgan fingerprint density at radius 3 is 1.89 bits per heavy atom. The molecule has 1 saturated heterocycles. The van der Waals surface area contributed by atoms with Gasteiger partial charge in [-0.2, -0.15) is 0 Å². The maximum atomic E-state index is 13.2. The van der Waals surface area contributed by atoms with Gasteiger partial charge in [0.2, 0.25) is 0 Å². The molecule has 0 saturated carbocycles. The quantitative estimate of drug-likeness (QED) is 0.497. The van der Waals surface area contributed by atoms with Gasteiger partial charge in [0.15, 0.2) is 0 Å². The van der Waals surface area contributed by atoms with Gasteiger partial charge < -0.3 is 9.57 Å². The SMILES string of the molecule is CC1CCN(C(=O)OCC2c3ccccc3-c3ccccc32)C1C(=O)ON1C(=O)c2ccccc2C1=O. The fourth-order valence-electron chi connectivity index (χ4n) is 5.58. The number of likely N-dealkylation sites (tertiary alicyclic amines) is 1. The van der Waals surface area contributed by atoms with Gasteiger partial charge in [-0.15, -0.1) is 0 Å². The lowest BCUT2D eigenvalue weighted by Gasteiger charge is -2.26. The number of ether oxygens (including phenoxy) is 1. The zero-order chi connectivity index (χ0) is 25.7. The first-order valence-electron chi connectivity index (χ1n) is 12.3. The minimum atomic E-state index is -0.972. The third-order valence-electron chi connectivity index (χ3n) is 7.45. The van der Waals surface area contributed by atoms with Crippen molar-refractivity contribution in [2.45, 2.75) is 25.3 Å². The molecule has 0 spiro atoms. The van der Waals surface area contributed by atoms with Crippen LogP contribution in [-0.2, 0) is 14.4 Å². The fraction of sp³-hybridized carbons (Fsp3) is 0.241. The second-order valence-corrected chi connectivity index (χ2v) is 9.57. The van der Waals surface area contributed by atoms with E-state index in [-0.39, 0.29) is 29.6 Å². The summed E-state index contributed by atoms with van der Waals surface area (Å²) in [6.07, 6.45) is -0.0676. The Bertz CT molecular complexity index is 1370. The molecule has 1 fully saturated rings. The van der Waals surface area contributed by atoms with Crippen molar-refractivity contribution in [2.24, 2.45) is 5.92 Å². The number of hydrogen-bond donors (Lipinski definition) is 0. The third kappa shape index (κ3) is 3.67. The Morgan fingerprint density at radius 2 is 1.32 bits per heavy atom. The molecular formula is C29H24N2O6. The summed E-state index contributed by atoms with van der Waals surface area (Å²) in [4.78, 5) is 58.2. The molecule has 2 aliphatic heterocycles. The van der Waals surface area contributed by atoms with Crippen molar-refractivity contribution in [3.63, 3.8) is 0 Å². The predicted molar refractivity (Wildman–Crippen MR) is 132 cm³/mol. The van der Waals surface area contributed by atoms with E-state index in [1.165, 1.54) is 17.0 Å². The van der Waals surface area contributed by atoms with E-state index in [9.17, 15) is 19.2 Å². The standard InChI is InChI=1S/C29H24N2O6/c1-17-14-15-30(25(17)28(34)37-31-26(32)22-12-6-7-13-23(22)27(31)33)29(35)36-16-24-20-10-4-2-8-18(20)19-9-3-5-11-21(19)24/h2-13,17,24-25H,14-16H2,1H3. The zero-order valence-electron chi connectivity index (χ0n) is 20.1. The second-order valence-electron chi connectivity index (χ2n) is 9.57. The summed E-state index contributed by atoms with van der Waals surface area (Å²) in [5.41, 5.74) is 4.77. The molecule has 3 aliphatic rings. The number of hydrogen-bond acceptors (Lipinski definition) is 6. The fourth-order valence-corrected chi connectivity index (χ4v) is 5.58. The van der Waals surface area contributed by atoms with Crippen LogP contribution in [0.3, 0.4) is 0 Å². The van der Waals surface area contributed by atoms with Gasteiger partial charge in [0.1, 0.15) is 12.6 Å². The minimum Gasteiger partial charge on any atom is -0.448 e. The van der Waals surface area contributed by atoms with Crippen LogP contribution >= 0.6 is 0 Å². The molecule has 0 radical (unpaired) electrons. The van der Waals surface area contributed by atoms with Crippen LogP contribution in [0.2, 0.25) is 0 Å². The van der Waals surface area contributed by atoms with Crippen LogP contribution in [0.1, 0.15) is 51.1 Å². The molecule has 0 bridgehead atoms. The van der Waals surface area contributed by atoms with Gasteiger partial charge in [0, 0.05) is 12.5 Å². The predicted octanol–water partition coefficient (Wildman–Crippen LogP) is 4.40. The number of fused-ring (bicyclic) bond motifs is 4.